The van der Waals surface area contributed by atoms with Gasteiger partial charge in [-0.1, -0.05) is 23.8 Å². The molecule has 0 aliphatic heterocycles. The second-order valence-corrected chi connectivity index (χ2v) is 5.46. The van der Waals surface area contributed by atoms with Gasteiger partial charge in [0.25, 0.3) is 0 Å². The summed E-state index contributed by atoms with van der Waals surface area (Å²) in [6.45, 7) is 7.43. The maximum atomic E-state index is 12.2. The molecule has 0 bridgehead atoms. The Labute approximate surface area is 106 Å². The van der Waals surface area contributed by atoms with Gasteiger partial charge in [-0.05, 0) is 12.1 Å². The number of sulfonamides is 1. The lowest BCUT2D eigenvalue weighted by Gasteiger charge is -2.19. The number of nitrogens with zero attached hydrogens (tertiary/aromatic N) is 2. The van der Waals surface area contributed by atoms with E-state index in [9.17, 15) is 8.42 Å². The monoisotopic (exact) mass is 272 g/mol. The Kier molecular flexibility index (Phi) is 4.86. The summed E-state index contributed by atoms with van der Waals surface area (Å²) in [7, 11) is -3.66. The van der Waals surface area contributed by atoms with Gasteiger partial charge in [0.2, 0.25) is 10.0 Å². The molecule has 17 heavy (non-hydrogen) atoms. The molecule has 0 aliphatic carbocycles. The molecule has 0 unspecified atom stereocenters. The Morgan fingerprint density at radius 2 is 1.94 bits per heavy atom. The van der Waals surface area contributed by atoms with Crippen molar-refractivity contribution in [3.05, 3.63) is 48.8 Å². The fourth-order valence-corrected chi connectivity index (χ4v) is 3.07. The minimum atomic E-state index is -3.66. The smallest absolute Gasteiger partial charge is 0.243 e. The summed E-state index contributed by atoms with van der Waals surface area (Å²) in [5, 5.41) is -0.0365. The van der Waals surface area contributed by atoms with Crippen molar-refractivity contribution in [2.75, 3.05) is 13.1 Å². The van der Waals surface area contributed by atoms with Crippen LogP contribution in [0.25, 0.3) is 0 Å². The average molecular weight is 273 g/mol. The van der Waals surface area contributed by atoms with Crippen LogP contribution in [-0.2, 0) is 10.0 Å². The molecule has 0 aliphatic rings. The molecule has 0 radical (unpaired) electrons. The summed E-state index contributed by atoms with van der Waals surface area (Å²) < 4.78 is 25.7. The fraction of sp³-hybridized carbons (Fsp3) is 0.182. The van der Waals surface area contributed by atoms with Crippen LogP contribution in [0.5, 0.6) is 0 Å². The highest BCUT2D eigenvalue weighted by molar-refractivity contribution is 7.89. The van der Waals surface area contributed by atoms with E-state index in [2.05, 4.69) is 18.1 Å². The topological polar surface area (TPSA) is 50.3 Å². The largest absolute Gasteiger partial charge is 0.246 e. The summed E-state index contributed by atoms with van der Waals surface area (Å²) in [6, 6.07) is 2.95. The van der Waals surface area contributed by atoms with E-state index in [0.717, 1.165) is 0 Å². The predicted molar refractivity (Wildman–Crippen MR) is 68.4 cm³/mol. The van der Waals surface area contributed by atoms with Gasteiger partial charge in [0.15, 0.2) is 0 Å². The first-order valence-corrected chi connectivity index (χ1v) is 6.68. The molecule has 1 aromatic heterocycles. The number of pyridine rings is 1. The summed E-state index contributed by atoms with van der Waals surface area (Å²) in [6.07, 6.45) is 4.45. The van der Waals surface area contributed by atoms with E-state index in [0.29, 0.717) is 0 Å². The second kappa shape index (κ2) is 5.95. The lowest BCUT2D eigenvalue weighted by molar-refractivity contribution is 0.474. The Morgan fingerprint density at radius 3 is 2.41 bits per heavy atom. The van der Waals surface area contributed by atoms with Crippen LogP contribution < -0.4 is 0 Å². The Bertz CT molecular complexity index is 504. The number of hydrogen-bond donors (Lipinski definition) is 0. The summed E-state index contributed by atoms with van der Waals surface area (Å²) >= 11 is 5.78. The third-order valence-electron chi connectivity index (χ3n) is 2.01. The number of hydrogen-bond acceptors (Lipinski definition) is 3. The van der Waals surface area contributed by atoms with Crippen LogP contribution in [0.2, 0.25) is 5.15 Å². The van der Waals surface area contributed by atoms with Crippen LogP contribution in [0.1, 0.15) is 0 Å². The van der Waals surface area contributed by atoms with E-state index in [1.54, 1.807) is 0 Å². The van der Waals surface area contributed by atoms with Gasteiger partial charge in [-0.15, -0.1) is 13.2 Å². The SMILES string of the molecule is C=CCN(CC=C)S(=O)(=O)c1cccnc1Cl. The van der Waals surface area contributed by atoms with Crippen molar-refractivity contribution >= 4 is 21.6 Å². The number of halogens is 1. The van der Waals surface area contributed by atoms with E-state index >= 15 is 0 Å². The van der Waals surface area contributed by atoms with Crippen LogP contribution in [0.3, 0.4) is 0 Å². The van der Waals surface area contributed by atoms with Crippen LogP contribution in [0.15, 0.2) is 48.5 Å². The highest BCUT2D eigenvalue weighted by Crippen LogP contribution is 2.21. The van der Waals surface area contributed by atoms with Gasteiger partial charge in [0, 0.05) is 19.3 Å². The van der Waals surface area contributed by atoms with Crippen LogP contribution in [0, 0.1) is 0 Å². The number of rotatable bonds is 6. The van der Waals surface area contributed by atoms with Gasteiger partial charge in [0.1, 0.15) is 10.0 Å². The standard InChI is InChI=1S/C11H13ClN2O2S/c1-3-8-14(9-4-2)17(15,16)10-6-5-7-13-11(10)12/h3-7H,1-2,8-9H2. The minimum Gasteiger partial charge on any atom is -0.243 e. The molecular formula is C11H13ClN2O2S. The zero-order chi connectivity index (χ0) is 12.9. The molecule has 6 heteroatoms. The van der Waals surface area contributed by atoms with Crippen molar-refractivity contribution < 1.29 is 8.42 Å². The second-order valence-electron chi connectivity index (χ2n) is 3.19. The average Bonchev–Trinajstić information content (AvgIpc) is 2.29. The van der Waals surface area contributed by atoms with Crippen molar-refractivity contribution in [1.29, 1.82) is 0 Å². The third kappa shape index (κ3) is 3.15. The summed E-state index contributed by atoms with van der Waals surface area (Å²) in [5.74, 6) is 0. The third-order valence-corrected chi connectivity index (χ3v) is 4.28. The van der Waals surface area contributed by atoms with E-state index in [1.807, 2.05) is 0 Å². The predicted octanol–water partition coefficient (Wildman–Crippen LogP) is 2.10. The molecule has 1 heterocycles. The van der Waals surface area contributed by atoms with Gasteiger partial charge < -0.3 is 0 Å². The zero-order valence-corrected chi connectivity index (χ0v) is 10.8. The Morgan fingerprint density at radius 1 is 1.35 bits per heavy atom. The zero-order valence-electron chi connectivity index (χ0n) is 9.21. The molecule has 0 saturated carbocycles. The molecule has 0 amide bonds. The Balaban J connectivity index is 3.20. The van der Waals surface area contributed by atoms with Crippen molar-refractivity contribution in [1.82, 2.24) is 9.29 Å². The molecule has 0 atom stereocenters. The van der Waals surface area contributed by atoms with Gasteiger partial charge in [-0.3, -0.25) is 0 Å². The molecule has 4 nitrogen and oxygen atoms in total. The van der Waals surface area contributed by atoms with Gasteiger partial charge >= 0.3 is 0 Å². The van der Waals surface area contributed by atoms with Crippen molar-refractivity contribution in [2.24, 2.45) is 0 Å². The molecule has 0 N–H and O–H groups in total. The summed E-state index contributed by atoms with van der Waals surface area (Å²) in [5.41, 5.74) is 0. The highest BCUT2D eigenvalue weighted by Gasteiger charge is 2.25. The van der Waals surface area contributed by atoms with Crippen LogP contribution >= 0.6 is 11.6 Å². The van der Waals surface area contributed by atoms with Crippen LogP contribution in [0.4, 0.5) is 0 Å². The molecule has 0 saturated heterocycles. The molecule has 1 aromatic rings. The fourth-order valence-electron chi connectivity index (χ4n) is 1.26. The maximum Gasteiger partial charge on any atom is 0.246 e. The van der Waals surface area contributed by atoms with Gasteiger partial charge in [-0.2, -0.15) is 4.31 Å². The Hall–Kier alpha value is -1.17. The van der Waals surface area contributed by atoms with Gasteiger partial charge in [-0.25, -0.2) is 13.4 Å². The van der Waals surface area contributed by atoms with Crippen molar-refractivity contribution in [2.45, 2.75) is 4.90 Å². The maximum absolute atomic E-state index is 12.2. The highest BCUT2D eigenvalue weighted by atomic mass is 35.5. The van der Waals surface area contributed by atoms with Gasteiger partial charge in [0.05, 0.1) is 0 Å². The molecule has 0 aromatic carbocycles. The van der Waals surface area contributed by atoms with E-state index in [-0.39, 0.29) is 23.1 Å². The van der Waals surface area contributed by atoms with Crippen LogP contribution in [-0.4, -0.2) is 30.8 Å². The molecule has 0 fully saturated rings. The lowest BCUT2D eigenvalue weighted by atomic mass is 10.5. The molecule has 1 rings (SSSR count). The summed E-state index contributed by atoms with van der Waals surface area (Å²) in [4.78, 5) is 3.75. The van der Waals surface area contributed by atoms with Crippen molar-refractivity contribution in [3.8, 4) is 0 Å². The normalized spacial score (nSPS) is 11.4. The first-order valence-electron chi connectivity index (χ1n) is 4.86. The first kappa shape index (κ1) is 13.9. The lowest BCUT2D eigenvalue weighted by Crippen LogP contribution is -2.31. The quantitative estimate of drug-likeness (QED) is 0.589. The van der Waals surface area contributed by atoms with E-state index < -0.39 is 10.0 Å². The van der Waals surface area contributed by atoms with E-state index in [4.69, 9.17) is 11.6 Å². The molecular weight excluding hydrogens is 260 g/mol. The minimum absolute atomic E-state index is 0.00892. The molecule has 0 spiro atoms. The first-order chi connectivity index (χ1) is 8.04. The van der Waals surface area contributed by atoms with Crippen molar-refractivity contribution in [3.63, 3.8) is 0 Å². The molecule has 92 valence electrons. The number of aromatic nitrogens is 1. The van der Waals surface area contributed by atoms with E-state index in [1.165, 1.54) is 34.8 Å².